The Labute approximate surface area is 62.1 Å². The van der Waals surface area contributed by atoms with E-state index >= 15 is 0 Å². The first-order valence-corrected chi connectivity index (χ1v) is 3.14. The van der Waals surface area contributed by atoms with Crippen molar-refractivity contribution in [3.8, 4) is 12.3 Å². The van der Waals surface area contributed by atoms with Crippen molar-refractivity contribution < 1.29 is 5.11 Å². The van der Waals surface area contributed by atoms with E-state index < -0.39 is 6.10 Å². The topological polar surface area (TPSA) is 20.2 Å². The van der Waals surface area contributed by atoms with Crippen LogP contribution in [0.25, 0.3) is 0 Å². The molecule has 0 spiro atoms. The second kappa shape index (κ2) is 4.84. The summed E-state index contributed by atoms with van der Waals surface area (Å²) in [7, 11) is 0. The third kappa shape index (κ3) is 3.94. The molecule has 10 heavy (non-hydrogen) atoms. The first-order chi connectivity index (χ1) is 4.70. The summed E-state index contributed by atoms with van der Waals surface area (Å²) in [4.78, 5) is 0. The SMILES string of the molecule is C#C/C(C)=C\C(O)CC=C. The highest BCUT2D eigenvalue weighted by molar-refractivity contribution is 5.23. The van der Waals surface area contributed by atoms with E-state index in [4.69, 9.17) is 11.5 Å². The molecule has 0 saturated carbocycles. The van der Waals surface area contributed by atoms with E-state index in [0.717, 1.165) is 5.57 Å². The van der Waals surface area contributed by atoms with E-state index in [-0.39, 0.29) is 0 Å². The number of terminal acetylenes is 1. The van der Waals surface area contributed by atoms with Gasteiger partial charge in [0, 0.05) is 0 Å². The summed E-state index contributed by atoms with van der Waals surface area (Å²) in [6.45, 7) is 5.28. The zero-order valence-electron chi connectivity index (χ0n) is 6.17. The molecule has 1 unspecified atom stereocenters. The molecular formula is C9H12O. The van der Waals surface area contributed by atoms with Crippen LogP contribution >= 0.6 is 0 Å². The molecular weight excluding hydrogens is 124 g/mol. The minimum atomic E-state index is -0.478. The van der Waals surface area contributed by atoms with E-state index in [1.54, 1.807) is 19.1 Å². The van der Waals surface area contributed by atoms with Crippen LogP contribution in [-0.2, 0) is 0 Å². The van der Waals surface area contributed by atoms with Gasteiger partial charge in [0.05, 0.1) is 6.10 Å². The van der Waals surface area contributed by atoms with Crippen LogP contribution in [0.5, 0.6) is 0 Å². The molecule has 1 heteroatoms. The van der Waals surface area contributed by atoms with E-state index in [2.05, 4.69) is 12.5 Å². The molecule has 0 amide bonds. The third-order valence-corrected chi connectivity index (χ3v) is 1.08. The highest BCUT2D eigenvalue weighted by Crippen LogP contribution is 1.98. The zero-order chi connectivity index (χ0) is 7.98. The smallest absolute Gasteiger partial charge is 0.0766 e. The van der Waals surface area contributed by atoms with Gasteiger partial charge < -0.3 is 5.11 Å². The Hall–Kier alpha value is -1.00. The third-order valence-electron chi connectivity index (χ3n) is 1.08. The highest BCUT2D eigenvalue weighted by Gasteiger charge is 1.94. The van der Waals surface area contributed by atoms with Crippen molar-refractivity contribution in [2.75, 3.05) is 0 Å². The minimum absolute atomic E-state index is 0.478. The number of hydrogen-bond acceptors (Lipinski definition) is 1. The van der Waals surface area contributed by atoms with Crippen LogP contribution in [0.15, 0.2) is 24.3 Å². The number of hydrogen-bond donors (Lipinski definition) is 1. The number of aliphatic hydroxyl groups is 1. The fourth-order valence-corrected chi connectivity index (χ4v) is 0.575. The van der Waals surface area contributed by atoms with Crippen LogP contribution in [0.3, 0.4) is 0 Å². The van der Waals surface area contributed by atoms with E-state index in [9.17, 15) is 0 Å². The van der Waals surface area contributed by atoms with Crippen molar-refractivity contribution in [2.24, 2.45) is 0 Å². The van der Waals surface area contributed by atoms with Gasteiger partial charge in [0.1, 0.15) is 0 Å². The standard InChI is InChI=1S/C9H12O/c1-4-6-9(10)7-8(3)5-2/h2,4,7,9-10H,1,6H2,3H3/b8-7-. The molecule has 0 radical (unpaired) electrons. The normalized spacial score (nSPS) is 13.9. The van der Waals surface area contributed by atoms with Crippen molar-refractivity contribution >= 4 is 0 Å². The molecule has 0 aromatic heterocycles. The lowest BCUT2D eigenvalue weighted by Crippen LogP contribution is -1.99. The molecule has 0 aliphatic carbocycles. The second-order valence-corrected chi connectivity index (χ2v) is 2.09. The van der Waals surface area contributed by atoms with E-state index in [1.165, 1.54) is 0 Å². The van der Waals surface area contributed by atoms with Gasteiger partial charge in [0.15, 0.2) is 0 Å². The molecule has 0 aromatic carbocycles. The summed E-state index contributed by atoms with van der Waals surface area (Å²) in [5, 5.41) is 9.11. The van der Waals surface area contributed by atoms with Gasteiger partial charge in [-0.3, -0.25) is 0 Å². The minimum Gasteiger partial charge on any atom is -0.389 e. The van der Waals surface area contributed by atoms with Gasteiger partial charge in [-0.25, -0.2) is 0 Å². The molecule has 0 aliphatic rings. The van der Waals surface area contributed by atoms with Crippen LogP contribution in [0, 0.1) is 12.3 Å². The lowest BCUT2D eigenvalue weighted by Gasteiger charge is -1.99. The van der Waals surface area contributed by atoms with Crippen molar-refractivity contribution in [3.05, 3.63) is 24.3 Å². The van der Waals surface area contributed by atoms with Crippen molar-refractivity contribution in [1.82, 2.24) is 0 Å². The van der Waals surface area contributed by atoms with Crippen LogP contribution in [-0.4, -0.2) is 11.2 Å². The monoisotopic (exact) mass is 136 g/mol. The molecule has 0 heterocycles. The highest BCUT2D eigenvalue weighted by atomic mass is 16.3. The van der Waals surface area contributed by atoms with Crippen molar-refractivity contribution in [1.29, 1.82) is 0 Å². The molecule has 0 bridgehead atoms. The van der Waals surface area contributed by atoms with Crippen LogP contribution in [0.1, 0.15) is 13.3 Å². The molecule has 1 nitrogen and oxygen atoms in total. The maximum Gasteiger partial charge on any atom is 0.0766 e. The van der Waals surface area contributed by atoms with Gasteiger partial charge in [-0.2, -0.15) is 0 Å². The van der Waals surface area contributed by atoms with Gasteiger partial charge in [-0.15, -0.1) is 13.0 Å². The summed E-state index contributed by atoms with van der Waals surface area (Å²) in [6.07, 6.45) is 8.44. The summed E-state index contributed by atoms with van der Waals surface area (Å²) in [6, 6.07) is 0. The fraction of sp³-hybridized carbons (Fsp3) is 0.333. The Morgan fingerprint density at radius 1 is 1.90 bits per heavy atom. The van der Waals surface area contributed by atoms with Crippen LogP contribution in [0.2, 0.25) is 0 Å². The largest absolute Gasteiger partial charge is 0.389 e. The molecule has 0 aromatic rings. The number of allylic oxidation sites excluding steroid dienone is 1. The Bertz CT molecular complexity index is 172. The Morgan fingerprint density at radius 2 is 2.50 bits per heavy atom. The molecule has 0 rings (SSSR count). The molecule has 1 N–H and O–H groups in total. The number of aliphatic hydroxyl groups excluding tert-OH is 1. The molecule has 54 valence electrons. The Morgan fingerprint density at radius 3 is 2.90 bits per heavy atom. The van der Waals surface area contributed by atoms with Crippen LogP contribution < -0.4 is 0 Å². The maximum absolute atomic E-state index is 9.11. The predicted octanol–water partition coefficient (Wildman–Crippen LogP) is 1.50. The first-order valence-electron chi connectivity index (χ1n) is 3.14. The summed E-state index contributed by atoms with van der Waals surface area (Å²) in [5.41, 5.74) is 0.759. The van der Waals surface area contributed by atoms with E-state index in [1.807, 2.05) is 0 Å². The predicted molar refractivity (Wildman–Crippen MR) is 43.4 cm³/mol. The van der Waals surface area contributed by atoms with Gasteiger partial charge in [0.25, 0.3) is 0 Å². The molecule has 0 fully saturated rings. The zero-order valence-corrected chi connectivity index (χ0v) is 6.17. The lowest BCUT2D eigenvalue weighted by molar-refractivity contribution is 0.226. The van der Waals surface area contributed by atoms with Crippen LogP contribution in [0.4, 0.5) is 0 Å². The Balaban J connectivity index is 3.88. The van der Waals surface area contributed by atoms with E-state index in [0.29, 0.717) is 6.42 Å². The lowest BCUT2D eigenvalue weighted by atomic mass is 10.2. The summed E-state index contributed by atoms with van der Waals surface area (Å²) in [5.74, 6) is 2.42. The summed E-state index contributed by atoms with van der Waals surface area (Å²) < 4.78 is 0. The van der Waals surface area contributed by atoms with Gasteiger partial charge in [0.2, 0.25) is 0 Å². The van der Waals surface area contributed by atoms with Gasteiger partial charge >= 0.3 is 0 Å². The van der Waals surface area contributed by atoms with Crippen molar-refractivity contribution in [3.63, 3.8) is 0 Å². The quantitative estimate of drug-likeness (QED) is 0.460. The van der Waals surface area contributed by atoms with Gasteiger partial charge in [-0.1, -0.05) is 12.0 Å². The number of rotatable bonds is 3. The first kappa shape index (κ1) is 9.00. The molecule has 1 atom stereocenters. The van der Waals surface area contributed by atoms with Gasteiger partial charge in [-0.05, 0) is 25.0 Å². The maximum atomic E-state index is 9.11. The second-order valence-electron chi connectivity index (χ2n) is 2.09. The average Bonchev–Trinajstić information content (AvgIpc) is 1.88. The average molecular weight is 136 g/mol. The fourth-order valence-electron chi connectivity index (χ4n) is 0.575. The summed E-state index contributed by atoms with van der Waals surface area (Å²) >= 11 is 0. The Kier molecular flexibility index (Phi) is 4.36. The molecule has 0 aliphatic heterocycles. The van der Waals surface area contributed by atoms with Crippen molar-refractivity contribution in [2.45, 2.75) is 19.4 Å². The molecule has 0 saturated heterocycles.